The van der Waals surface area contributed by atoms with Crippen molar-refractivity contribution in [2.24, 2.45) is 0 Å². The molecule has 7 nitrogen and oxygen atoms in total. The number of anilines is 1. The van der Waals surface area contributed by atoms with Crippen LogP contribution in [0.1, 0.15) is 16.1 Å². The molecule has 3 aromatic rings. The van der Waals surface area contributed by atoms with Gasteiger partial charge in [0.15, 0.2) is 0 Å². The molecule has 1 aliphatic rings. The number of para-hydroxylation sites is 1. The molecule has 0 saturated carbocycles. The SMILES string of the molecule is O=C(O)c1ccc2ccccc2n1.O=[N+]([O-])c1ccc2c(c1)NCC2. The number of carbonyl (C=O) groups is 1. The summed E-state index contributed by atoms with van der Waals surface area (Å²) in [6, 6.07) is 15.6. The zero-order valence-electron chi connectivity index (χ0n) is 13.2. The second kappa shape index (κ2) is 6.96. The first kappa shape index (κ1) is 16.4. The molecule has 0 radical (unpaired) electrons. The van der Waals surface area contributed by atoms with Crippen LogP contribution in [0.25, 0.3) is 10.9 Å². The van der Waals surface area contributed by atoms with Crippen LogP contribution in [0.4, 0.5) is 11.4 Å². The van der Waals surface area contributed by atoms with Gasteiger partial charge in [-0.25, -0.2) is 9.78 Å². The van der Waals surface area contributed by atoms with Crippen LogP contribution in [0.2, 0.25) is 0 Å². The standard InChI is InChI=1S/C10H7NO2.C8H8N2O2/c12-10(13)9-6-5-7-3-1-2-4-8(7)11-9;11-10(12)7-2-1-6-3-4-9-8(6)5-7/h1-6H,(H,12,13);1-2,5,9H,3-4H2. The summed E-state index contributed by atoms with van der Waals surface area (Å²) in [5.41, 5.74) is 3.02. The van der Waals surface area contributed by atoms with E-state index in [1.165, 1.54) is 11.6 Å². The van der Waals surface area contributed by atoms with E-state index in [1.807, 2.05) is 24.3 Å². The molecule has 7 heteroatoms. The van der Waals surface area contributed by atoms with Crippen LogP contribution < -0.4 is 5.32 Å². The number of carboxylic acid groups (broad SMARTS) is 1. The van der Waals surface area contributed by atoms with Crippen molar-refractivity contribution in [1.82, 2.24) is 4.98 Å². The second-order valence-electron chi connectivity index (χ2n) is 5.47. The summed E-state index contributed by atoms with van der Waals surface area (Å²) in [4.78, 5) is 24.6. The predicted octanol–water partition coefficient (Wildman–Crippen LogP) is 3.50. The minimum Gasteiger partial charge on any atom is -0.477 e. The summed E-state index contributed by atoms with van der Waals surface area (Å²) in [5, 5.41) is 23.1. The number of nitro groups is 1. The van der Waals surface area contributed by atoms with E-state index in [0.717, 1.165) is 24.0 Å². The smallest absolute Gasteiger partial charge is 0.354 e. The highest BCUT2D eigenvalue weighted by molar-refractivity contribution is 5.89. The Balaban J connectivity index is 0.000000146. The Morgan fingerprint density at radius 3 is 2.72 bits per heavy atom. The van der Waals surface area contributed by atoms with Crippen molar-refractivity contribution in [1.29, 1.82) is 0 Å². The Morgan fingerprint density at radius 1 is 1.16 bits per heavy atom. The molecule has 4 rings (SSSR count). The van der Waals surface area contributed by atoms with Gasteiger partial charge in [-0.1, -0.05) is 30.3 Å². The Hall–Kier alpha value is -3.48. The molecule has 2 heterocycles. The fraction of sp³-hybridized carbons (Fsp3) is 0.111. The molecule has 1 aliphatic heterocycles. The molecule has 126 valence electrons. The zero-order chi connectivity index (χ0) is 17.8. The maximum absolute atomic E-state index is 10.6. The summed E-state index contributed by atoms with van der Waals surface area (Å²) < 4.78 is 0. The van der Waals surface area contributed by atoms with Gasteiger partial charge in [0.05, 0.1) is 10.4 Å². The van der Waals surface area contributed by atoms with Crippen molar-refractivity contribution < 1.29 is 14.8 Å². The number of benzene rings is 2. The highest BCUT2D eigenvalue weighted by Crippen LogP contribution is 2.26. The van der Waals surface area contributed by atoms with Crippen LogP contribution in [-0.2, 0) is 6.42 Å². The lowest BCUT2D eigenvalue weighted by Crippen LogP contribution is -1.99. The fourth-order valence-corrected chi connectivity index (χ4v) is 2.58. The van der Waals surface area contributed by atoms with Crippen molar-refractivity contribution in [2.75, 3.05) is 11.9 Å². The molecule has 0 saturated heterocycles. The number of nitro benzene ring substituents is 1. The third-order valence-corrected chi connectivity index (χ3v) is 3.83. The third-order valence-electron chi connectivity index (χ3n) is 3.83. The molecule has 0 fully saturated rings. The van der Waals surface area contributed by atoms with Gasteiger partial charge in [0.1, 0.15) is 5.69 Å². The third kappa shape index (κ3) is 3.72. The molecule has 0 spiro atoms. The number of nitrogens with zero attached hydrogens (tertiary/aromatic N) is 2. The number of aromatic nitrogens is 1. The van der Waals surface area contributed by atoms with Crippen molar-refractivity contribution in [3.8, 4) is 0 Å². The fourth-order valence-electron chi connectivity index (χ4n) is 2.58. The van der Waals surface area contributed by atoms with E-state index >= 15 is 0 Å². The van der Waals surface area contributed by atoms with Gasteiger partial charge in [-0.15, -0.1) is 0 Å². The van der Waals surface area contributed by atoms with Crippen LogP contribution in [0.3, 0.4) is 0 Å². The number of aromatic carboxylic acids is 1. The van der Waals surface area contributed by atoms with Crippen molar-refractivity contribution in [3.05, 3.63) is 76.0 Å². The molecule has 0 bridgehead atoms. The summed E-state index contributed by atoms with van der Waals surface area (Å²) in [6.45, 7) is 0.885. The molecule has 0 aliphatic carbocycles. The van der Waals surface area contributed by atoms with Crippen LogP contribution in [0, 0.1) is 10.1 Å². The van der Waals surface area contributed by atoms with Gasteiger partial charge in [-0.2, -0.15) is 0 Å². The van der Waals surface area contributed by atoms with Crippen molar-refractivity contribution >= 4 is 28.2 Å². The summed E-state index contributed by atoms with van der Waals surface area (Å²) >= 11 is 0. The molecule has 0 unspecified atom stereocenters. The first-order valence-electron chi connectivity index (χ1n) is 7.65. The molecular formula is C18H15N3O4. The number of non-ortho nitro benzene ring substituents is 1. The lowest BCUT2D eigenvalue weighted by atomic mass is 10.1. The average molecular weight is 337 g/mol. The highest BCUT2D eigenvalue weighted by atomic mass is 16.6. The normalized spacial score (nSPS) is 11.8. The van der Waals surface area contributed by atoms with Crippen molar-refractivity contribution in [2.45, 2.75) is 6.42 Å². The van der Waals surface area contributed by atoms with Gasteiger partial charge < -0.3 is 10.4 Å². The summed E-state index contributed by atoms with van der Waals surface area (Å²) in [6.07, 6.45) is 0.966. The quantitative estimate of drug-likeness (QED) is 0.548. The number of carboxylic acids is 1. The summed E-state index contributed by atoms with van der Waals surface area (Å²) in [5.74, 6) is -0.995. The predicted molar refractivity (Wildman–Crippen MR) is 94.0 cm³/mol. The minimum absolute atomic E-state index is 0.0821. The lowest BCUT2D eigenvalue weighted by molar-refractivity contribution is -0.384. The molecule has 0 atom stereocenters. The van der Waals surface area contributed by atoms with E-state index in [4.69, 9.17) is 5.11 Å². The van der Waals surface area contributed by atoms with Gasteiger partial charge in [-0.05, 0) is 24.1 Å². The van der Waals surface area contributed by atoms with Crippen LogP contribution in [0.15, 0.2) is 54.6 Å². The number of hydrogen-bond donors (Lipinski definition) is 2. The molecule has 1 aromatic heterocycles. The maximum atomic E-state index is 10.6. The lowest BCUT2D eigenvalue weighted by Gasteiger charge is -1.97. The van der Waals surface area contributed by atoms with Crippen LogP contribution in [0.5, 0.6) is 0 Å². The summed E-state index contributed by atoms with van der Waals surface area (Å²) in [7, 11) is 0. The Bertz CT molecular complexity index is 956. The number of rotatable bonds is 2. The zero-order valence-corrected chi connectivity index (χ0v) is 13.2. The molecule has 2 N–H and O–H groups in total. The highest BCUT2D eigenvalue weighted by Gasteiger charge is 2.13. The van der Waals surface area contributed by atoms with E-state index in [-0.39, 0.29) is 16.3 Å². The molecule has 0 amide bonds. The van der Waals surface area contributed by atoms with E-state index in [9.17, 15) is 14.9 Å². The molecular weight excluding hydrogens is 322 g/mol. The van der Waals surface area contributed by atoms with Gasteiger partial charge in [0, 0.05) is 29.8 Å². The topological polar surface area (TPSA) is 105 Å². The second-order valence-corrected chi connectivity index (χ2v) is 5.47. The van der Waals surface area contributed by atoms with Gasteiger partial charge >= 0.3 is 5.97 Å². The van der Waals surface area contributed by atoms with Gasteiger partial charge in [0.2, 0.25) is 0 Å². The number of pyridine rings is 1. The Morgan fingerprint density at radius 2 is 1.96 bits per heavy atom. The first-order valence-corrected chi connectivity index (χ1v) is 7.65. The number of nitrogens with one attached hydrogen (secondary N) is 1. The van der Waals surface area contributed by atoms with E-state index in [0.29, 0.717) is 5.52 Å². The van der Waals surface area contributed by atoms with Crippen LogP contribution in [-0.4, -0.2) is 27.5 Å². The van der Waals surface area contributed by atoms with E-state index in [1.54, 1.807) is 24.3 Å². The monoisotopic (exact) mass is 337 g/mol. The van der Waals surface area contributed by atoms with E-state index in [2.05, 4.69) is 10.3 Å². The average Bonchev–Trinajstić information content (AvgIpc) is 3.09. The van der Waals surface area contributed by atoms with Gasteiger partial charge in [0.25, 0.3) is 5.69 Å². The van der Waals surface area contributed by atoms with Crippen LogP contribution >= 0.6 is 0 Å². The number of fused-ring (bicyclic) bond motifs is 2. The Kier molecular flexibility index (Phi) is 4.56. The molecule has 2 aromatic carbocycles. The minimum atomic E-state index is -0.995. The van der Waals surface area contributed by atoms with E-state index < -0.39 is 5.97 Å². The van der Waals surface area contributed by atoms with Gasteiger partial charge in [-0.3, -0.25) is 10.1 Å². The first-order chi connectivity index (χ1) is 12.0. The Labute approximate surface area is 143 Å². The van der Waals surface area contributed by atoms with Crippen molar-refractivity contribution in [3.63, 3.8) is 0 Å². The molecule has 25 heavy (non-hydrogen) atoms. The largest absolute Gasteiger partial charge is 0.477 e. The number of hydrogen-bond acceptors (Lipinski definition) is 5. The maximum Gasteiger partial charge on any atom is 0.354 e.